The quantitative estimate of drug-likeness (QED) is 0.628. The van der Waals surface area contributed by atoms with Crippen LogP contribution in [0.3, 0.4) is 0 Å². The van der Waals surface area contributed by atoms with Gasteiger partial charge in [-0.2, -0.15) is 0 Å². The molecule has 0 aromatic heterocycles. The second-order valence-corrected chi connectivity index (χ2v) is 3.53. The van der Waals surface area contributed by atoms with Gasteiger partial charge in [-0.05, 0) is 12.3 Å². The van der Waals surface area contributed by atoms with Crippen LogP contribution < -0.4 is 0 Å². The molecule has 0 aromatic rings. The van der Waals surface area contributed by atoms with E-state index in [1.54, 1.807) is 0 Å². The van der Waals surface area contributed by atoms with Gasteiger partial charge in [0.15, 0.2) is 0 Å². The maximum atomic E-state index is 5.74. The molecule has 0 aromatic carbocycles. The summed E-state index contributed by atoms with van der Waals surface area (Å²) in [5.41, 5.74) is 0.0411. The van der Waals surface area contributed by atoms with E-state index < -0.39 is 0 Å². The Morgan fingerprint density at radius 3 is 2.92 bits per heavy atom. The maximum absolute atomic E-state index is 5.74. The summed E-state index contributed by atoms with van der Waals surface area (Å²) in [6.07, 6.45) is 3.55. The number of ether oxygens (including phenoxy) is 2. The second-order valence-electron chi connectivity index (χ2n) is 3.53. The Morgan fingerprint density at radius 2 is 2.33 bits per heavy atom. The van der Waals surface area contributed by atoms with Crippen molar-refractivity contribution in [2.24, 2.45) is 5.92 Å². The van der Waals surface area contributed by atoms with Crippen LogP contribution in [0.5, 0.6) is 0 Å². The number of hydrogen-bond acceptors (Lipinski definition) is 2. The first-order chi connectivity index (χ1) is 5.28. The molecule has 0 saturated carbocycles. The largest absolute Gasteiger partial charge is 0.407 e. The molecule has 2 aliphatic rings. The van der Waals surface area contributed by atoms with Gasteiger partial charge < -0.3 is 9.47 Å². The summed E-state index contributed by atoms with van der Waals surface area (Å²) in [7, 11) is 0. The normalized spacial score (nSPS) is 45.5. The fourth-order valence-corrected chi connectivity index (χ4v) is 2.09. The molecule has 2 fully saturated rings. The molecule has 2 bridgehead atoms. The predicted octanol–water partition coefficient (Wildman–Crippen LogP) is 1.40. The summed E-state index contributed by atoms with van der Waals surface area (Å²) in [6, 6.07) is 0. The van der Waals surface area contributed by atoms with E-state index in [-0.39, 0.29) is 36.7 Å². The molecule has 2 aliphatic heterocycles. The summed E-state index contributed by atoms with van der Waals surface area (Å²) in [6.45, 7) is 5.94. The molecule has 3 unspecified atom stereocenters. The van der Waals surface area contributed by atoms with Gasteiger partial charge in [0.2, 0.25) is 0 Å². The SMILES string of the molecule is CCC12COC([CH-]CO1)C2C.[U]. The van der Waals surface area contributed by atoms with E-state index in [9.17, 15) is 0 Å². The topological polar surface area (TPSA) is 18.5 Å². The van der Waals surface area contributed by atoms with E-state index in [2.05, 4.69) is 20.3 Å². The fraction of sp³-hybridized carbons (Fsp3) is 0.889. The van der Waals surface area contributed by atoms with Crippen LogP contribution in [0.15, 0.2) is 0 Å². The van der Waals surface area contributed by atoms with E-state index in [0.29, 0.717) is 12.0 Å². The van der Waals surface area contributed by atoms with Crippen LogP contribution in [0, 0.1) is 43.5 Å². The van der Waals surface area contributed by atoms with Crippen molar-refractivity contribution in [1.29, 1.82) is 0 Å². The minimum atomic E-state index is 0. The summed E-state index contributed by atoms with van der Waals surface area (Å²) >= 11 is 0. The molecular weight excluding hydrogens is 378 g/mol. The third kappa shape index (κ3) is 1.50. The molecule has 68 valence electrons. The molecular formula is C9H15O2U-. The molecule has 0 radical (unpaired) electrons. The molecule has 2 rings (SSSR count). The van der Waals surface area contributed by atoms with Crippen LogP contribution in [0.1, 0.15) is 20.3 Å². The Labute approximate surface area is 97.8 Å². The van der Waals surface area contributed by atoms with Crippen molar-refractivity contribution in [2.75, 3.05) is 13.2 Å². The van der Waals surface area contributed by atoms with Crippen molar-refractivity contribution in [3.63, 3.8) is 0 Å². The molecule has 0 aliphatic carbocycles. The van der Waals surface area contributed by atoms with E-state index in [1.807, 2.05) is 0 Å². The Balaban J connectivity index is 0.000000720. The molecule has 2 heterocycles. The van der Waals surface area contributed by atoms with Gasteiger partial charge in [-0.1, -0.05) is 26.6 Å². The Bertz CT molecular complexity index is 159. The monoisotopic (exact) mass is 393 g/mol. The van der Waals surface area contributed by atoms with Gasteiger partial charge in [0.25, 0.3) is 0 Å². The average molecular weight is 393 g/mol. The molecule has 0 spiro atoms. The van der Waals surface area contributed by atoms with Crippen molar-refractivity contribution in [2.45, 2.75) is 32.0 Å². The first-order valence-corrected chi connectivity index (χ1v) is 4.37. The molecule has 3 heteroatoms. The van der Waals surface area contributed by atoms with Crippen LogP contribution in [-0.4, -0.2) is 24.9 Å². The smallest absolute Gasteiger partial charge is 0.0899 e. The number of hydrogen-bond donors (Lipinski definition) is 0. The molecule has 0 N–H and O–H groups in total. The number of fused-ring (bicyclic) bond motifs is 2. The van der Waals surface area contributed by atoms with Gasteiger partial charge >= 0.3 is 0 Å². The molecule has 0 amide bonds. The zero-order valence-corrected chi connectivity index (χ0v) is 11.8. The van der Waals surface area contributed by atoms with E-state index in [1.165, 1.54) is 0 Å². The summed E-state index contributed by atoms with van der Waals surface area (Å²) < 4.78 is 11.3. The summed E-state index contributed by atoms with van der Waals surface area (Å²) in [5, 5.41) is 0. The Kier molecular flexibility index (Phi) is 3.69. The average Bonchev–Trinajstić information content (AvgIpc) is 2.25. The van der Waals surface area contributed by atoms with Gasteiger partial charge in [-0.15, -0.1) is 0 Å². The van der Waals surface area contributed by atoms with Crippen molar-refractivity contribution in [3.8, 4) is 0 Å². The minimum absolute atomic E-state index is 0. The van der Waals surface area contributed by atoms with Crippen molar-refractivity contribution >= 4 is 0 Å². The summed E-state index contributed by atoms with van der Waals surface area (Å²) in [5.74, 6) is 0.543. The van der Waals surface area contributed by atoms with Crippen LogP contribution >= 0.6 is 0 Å². The first kappa shape index (κ1) is 11.0. The van der Waals surface area contributed by atoms with Crippen molar-refractivity contribution < 1.29 is 40.6 Å². The molecule has 3 atom stereocenters. The van der Waals surface area contributed by atoms with Gasteiger partial charge in [0.05, 0.1) is 12.2 Å². The van der Waals surface area contributed by atoms with Gasteiger partial charge in [-0.3, -0.25) is 6.42 Å². The van der Waals surface area contributed by atoms with Gasteiger partial charge in [0.1, 0.15) is 0 Å². The molecule has 2 nitrogen and oxygen atoms in total. The standard InChI is InChI=1S/C9H15O2.U/c1-3-9-6-10-8(7(9)2)4-5-11-9;/h4,7-8H,3,5-6H2,1-2H3;/q-1;. The van der Waals surface area contributed by atoms with Crippen molar-refractivity contribution in [3.05, 3.63) is 6.42 Å². The minimum Gasteiger partial charge on any atom is -0.407 e. The van der Waals surface area contributed by atoms with Crippen LogP contribution in [0.4, 0.5) is 0 Å². The third-order valence-electron chi connectivity index (χ3n) is 3.14. The van der Waals surface area contributed by atoms with Gasteiger partial charge in [0, 0.05) is 31.1 Å². The van der Waals surface area contributed by atoms with E-state index in [4.69, 9.17) is 9.47 Å². The van der Waals surface area contributed by atoms with E-state index >= 15 is 0 Å². The maximum Gasteiger partial charge on any atom is 0.0899 e. The first-order valence-electron chi connectivity index (χ1n) is 4.37. The van der Waals surface area contributed by atoms with Gasteiger partial charge in [-0.25, -0.2) is 0 Å². The van der Waals surface area contributed by atoms with Crippen LogP contribution in [-0.2, 0) is 9.47 Å². The molecule has 12 heavy (non-hydrogen) atoms. The summed E-state index contributed by atoms with van der Waals surface area (Å²) in [4.78, 5) is 0. The number of rotatable bonds is 1. The fourth-order valence-electron chi connectivity index (χ4n) is 2.09. The van der Waals surface area contributed by atoms with Crippen LogP contribution in [0.2, 0.25) is 0 Å². The van der Waals surface area contributed by atoms with Crippen LogP contribution in [0.25, 0.3) is 0 Å². The van der Waals surface area contributed by atoms with E-state index in [0.717, 1.165) is 19.6 Å². The zero-order valence-electron chi connectivity index (χ0n) is 7.67. The molecule has 2 saturated heterocycles. The Hall–Kier alpha value is 0.972. The van der Waals surface area contributed by atoms with Crippen molar-refractivity contribution in [1.82, 2.24) is 0 Å². The third-order valence-corrected chi connectivity index (χ3v) is 3.14. The zero-order chi connectivity index (χ0) is 7.90. The predicted molar refractivity (Wildman–Crippen MR) is 42.2 cm³/mol. The second kappa shape index (κ2) is 4.00. The Morgan fingerprint density at radius 1 is 1.58 bits per heavy atom.